The quantitative estimate of drug-likeness (QED) is 0.838. The third kappa shape index (κ3) is 2.13. The fraction of sp³-hybridized carbons (Fsp3) is 0.467. The van der Waals surface area contributed by atoms with Crippen molar-refractivity contribution >= 4 is 5.91 Å². The molecule has 1 saturated heterocycles. The molecule has 106 valence electrons. The number of aryl methyl sites for hydroxylation is 3. The highest BCUT2D eigenvalue weighted by molar-refractivity contribution is 5.92. The Bertz CT molecular complexity index is 640. The van der Waals surface area contributed by atoms with Crippen LogP contribution in [0.15, 0.2) is 24.4 Å². The van der Waals surface area contributed by atoms with Crippen LogP contribution in [-0.4, -0.2) is 38.2 Å². The number of amides is 1. The van der Waals surface area contributed by atoms with Gasteiger partial charge >= 0.3 is 0 Å². The molecule has 0 radical (unpaired) electrons. The van der Waals surface area contributed by atoms with E-state index in [0.717, 1.165) is 30.9 Å². The molecule has 1 amide bonds. The summed E-state index contributed by atoms with van der Waals surface area (Å²) >= 11 is 0. The lowest BCUT2D eigenvalue weighted by Gasteiger charge is -2.17. The molecule has 0 spiro atoms. The molecule has 3 heterocycles. The summed E-state index contributed by atoms with van der Waals surface area (Å²) in [4.78, 5) is 14.4. The minimum atomic E-state index is 0.113. The maximum Gasteiger partial charge on any atom is 0.270 e. The van der Waals surface area contributed by atoms with Gasteiger partial charge in [0.05, 0.1) is 11.7 Å². The predicted octanol–water partition coefficient (Wildman–Crippen LogP) is 1.93. The lowest BCUT2D eigenvalue weighted by atomic mass is 10.2. The number of rotatable bonds is 2. The van der Waals surface area contributed by atoms with Crippen LogP contribution in [0.25, 0.3) is 0 Å². The van der Waals surface area contributed by atoms with Gasteiger partial charge in [0.15, 0.2) is 0 Å². The Morgan fingerprint density at radius 3 is 2.80 bits per heavy atom. The van der Waals surface area contributed by atoms with Crippen molar-refractivity contribution in [1.29, 1.82) is 0 Å². The molecule has 5 heteroatoms. The van der Waals surface area contributed by atoms with Crippen molar-refractivity contribution in [2.75, 3.05) is 13.1 Å². The van der Waals surface area contributed by atoms with E-state index in [4.69, 9.17) is 0 Å². The molecule has 1 fully saturated rings. The van der Waals surface area contributed by atoms with Gasteiger partial charge in [-0.3, -0.25) is 9.48 Å². The highest BCUT2D eigenvalue weighted by atomic mass is 16.2. The minimum Gasteiger partial charge on any atom is -0.347 e. The SMILES string of the molecule is Cc1cc(C)n(C2CCN(C(=O)c3cccn3C)C2)n1. The molecule has 0 bridgehead atoms. The third-order valence-electron chi connectivity index (χ3n) is 4.00. The molecule has 3 rings (SSSR count). The van der Waals surface area contributed by atoms with Crippen molar-refractivity contribution in [3.05, 3.63) is 41.5 Å². The normalized spacial score (nSPS) is 18.8. The smallest absolute Gasteiger partial charge is 0.270 e. The molecular weight excluding hydrogens is 252 g/mol. The molecule has 0 aromatic carbocycles. The van der Waals surface area contributed by atoms with Crippen LogP contribution in [-0.2, 0) is 7.05 Å². The van der Waals surface area contributed by atoms with Crippen molar-refractivity contribution in [2.24, 2.45) is 7.05 Å². The maximum absolute atomic E-state index is 12.5. The third-order valence-corrected chi connectivity index (χ3v) is 4.00. The Kier molecular flexibility index (Phi) is 3.12. The minimum absolute atomic E-state index is 0.113. The zero-order chi connectivity index (χ0) is 14.3. The summed E-state index contributed by atoms with van der Waals surface area (Å²) < 4.78 is 3.94. The second kappa shape index (κ2) is 4.81. The summed E-state index contributed by atoms with van der Waals surface area (Å²) in [6.07, 6.45) is 2.87. The number of likely N-dealkylation sites (tertiary alicyclic amines) is 1. The molecule has 20 heavy (non-hydrogen) atoms. The van der Waals surface area contributed by atoms with Gasteiger partial charge in [0.2, 0.25) is 0 Å². The van der Waals surface area contributed by atoms with E-state index in [0.29, 0.717) is 6.04 Å². The monoisotopic (exact) mass is 272 g/mol. The summed E-state index contributed by atoms with van der Waals surface area (Å²) in [5.74, 6) is 0.113. The van der Waals surface area contributed by atoms with Crippen LogP contribution in [0.1, 0.15) is 34.3 Å². The zero-order valence-corrected chi connectivity index (χ0v) is 12.2. The van der Waals surface area contributed by atoms with Crippen LogP contribution >= 0.6 is 0 Å². The lowest BCUT2D eigenvalue weighted by Crippen LogP contribution is -2.30. The average Bonchev–Trinajstić information content (AvgIpc) is 3.08. The van der Waals surface area contributed by atoms with Crippen LogP contribution in [0, 0.1) is 13.8 Å². The van der Waals surface area contributed by atoms with Crippen LogP contribution < -0.4 is 0 Å². The van der Waals surface area contributed by atoms with Crippen LogP contribution in [0.4, 0.5) is 0 Å². The highest BCUT2D eigenvalue weighted by Gasteiger charge is 2.30. The first-order valence-corrected chi connectivity index (χ1v) is 6.99. The fourth-order valence-electron chi connectivity index (χ4n) is 2.99. The van der Waals surface area contributed by atoms with Crippen LogP contribution in [0.5, 0.6) is 0 Å². The second-order valence-corrected chi connectivity index (χ2v) is 5.57. The Morgan fingerprint density at radius 1 is 1.40 bits per heavy atom. The summed E-state index contributed by atoms with van der Waals surface area (Å²) in [5.41, 5.74) is 2.95. The van der Waals surface area contributed by atoms with E-state index in [-0.39, 0.29) is 5.91 Å². The van der Waals surface area contributed by atoms with E-state index in [1.165, 1.54) is 5.69 Å². The van der Waals surface area contributed by atoms with Gasteiger partial charge in [-0.15, -0.1) is 0 Å². The molecule has 2 aromatic rings. The summed E-state index contributed by atoms with van der Waals surface area (Å²) in [6, 6.07) is 6.16. The number of nitrogens with zero attached hydrogens (tertiary/aromatic N) is 4. The van der Waals surface area contributed by atoms with Gasteiger partial charge in [0, 0.05) is 32.0 Å². The predicted molar refractivity (Wildman–Crippen MR) is 76.7 cm³/mol. The number of aromatic nitrogens is 3. The van der Waals surface area contributed by atoms with Gasteiger partial charge in [-0.1, -0.05) is 0 Å². The first-order chi connectivity index (χ1) is 9.56. The molecule has 0 saturated carbocycles. The van der Waals surface area contributed by atoms with Crippen molar-refractivity contribution in [3.8, 4) is 0 Å². The molecule has 0 aliphatic carbocycles. The van der Waals surface area contributed by atoms with E-state index in [2.05, 4.69) is 22.8 Å². The van der Waals surface area contributed by atoms with Gasteiger partial charge in [0.25, 0.3) is 5.91 Å². The lowest BCUT2D eigenvalue weighted by molar-refractivity contribution is 0.0777. The number of carbonyl (C=O) groups is 1. The average molecular weight is 272 g/mol. The Hall–Kier alpha value is -2.04. The van der Waals surface area contributed by atoms with E-state index in [9.17, 15) is 4.79 Å². The van der Waals surface area contributed by atoms with E-state index < -0.39 is 0 Å². The van der Waals surface area contributed by atoms with Crippen LogP contribution in [0.3, 0.4) is 0 Å². The zero-order valence-electron chi connectivity index (χ0n) is 12.2. The Balaban J connectivity index is 1.76. The maximum atomic E-state index is 12.5. The molecular formula is C15H20N4O. The van der Waals surface area contributed by atoms with Gasteiger partial charge in [0.1, 0.15) is 5.69 Å². The highest BCUT2D eigenvalue weighted by Crippen LogP contribution is 2.24. The number of hydrogen-bond acceptors (Lipinski definition) is 2. The fourth-order valence-corrected chi connectivity index (χ4v) is 2.99. The summed E-state index contributed by atoms with van der Waals surface area (Å²) in [7, 11) is 1.90. The Labute approximate surface area is 118 Å². The number of carbonyl (C=O) groups excluding carboxylic acids is 1. The number of hydrogen-bond donors (Lipinski definition) is 0. The molecule has 1 atom stereocenters. The first kappa shape index (κ1) is 13.0. The second-order valence-electron chi connectivity index (χ2n) is 5.57. The molecule has 1 aliphatic rings. The first-order valence-electron chi connectivity index (χ1n) is 6.99. The Morgan fingerprint density at radius 2 is 2.20 bits per heavy atom. The van der Waals surface area contributed by atoms with Crippen molar-refractivity contribution in [3.63, 3.8) is 0 Å². The van der Waals surface area contributed by atoms with Gasteiger partial charge in [-0.2, -0.15) is 5.10 Å². The van der Waals surface area contributed by atoms with Crippen molar-refractivity contribution < 1.29 is 4.79 Å². The summed E-state index contributed by atoms with van der Waals surface area (Å²) in [6.45, 7) is 5.62. The topological polar surface area (TPSA) is 43.1 Å². The van der Waals surface area contributed by atoms with Crippen molar-refractivity contribution in [1.82, 2.24) is 19.2 Å². The molecule has 0 N–H and O–H groups in total. The van der Waals surface area contributed by atoms with E-state index in [1.54, 1.807) is 0 Å². The largest absolute Gasteiger partial charge is 0.347 e. The summed E-state index contributed by atoms with van der Waals surface area (Å²) in [5, 5.41) is 4.54. The standard InChI is InChI=1S/C15H20N4O/c1-11-9-12(2)19(16-11)13-6-8-18(10-13)15(20)14-5-4-7-17(14)3/h4-5,7,9,13H,6,8,10H2,1-3H3. The molecule has 1 aliphatic heterocycles. The van der Waals surface area contributed by atoms with Crippen molar-refractivity contribution in [2.45, 2.75) is 26.3 Å². The van der Waals surface area contributed by atoms with Gasteiger partial charge in [-0.25, -0.2) is 0 Å². The molecule has 5 nitrogen and oxygen atoms in total. The molecule has 1 unspecified atom stereocenters. The van der Waals surface area contributed by atoms with Crippen LogP contribution in [0.2, 0.25) is 0 Å². The van der Waals surface area contributed by atoms with E-state index >= 15 is 0 Å². The van der Waals surface area contributed by atoms with Gasteiger partial charge < -0.3 is 9.47 Å². The van der Waals surface area contributed by atoms with E-state index in [1.807, 2.05) is 41.8 Å². The molecule has 2 aromatic heterocycles. The van der Waals surface area contributed by atoms with Gasteiger partial charge in [-0.05, 0) is 38.5 Å².